The number of ether oxygens (including phenoxy) is 1. The highest BCUT2D eigenvalue weighted by Gasteiger charge is 2.45. The summed E-state index contributed by atoms with van der Waals surface area (Å²) < 4.78 is 91.1. The molecular formula is C29H28F6N6O2. The number of urea groups is 1. The number of hydrogen-bond donors (Lipinski definition) is 3. The Hall–Kier alpha value is -4.75. The minimum Gasteiger partial charge on any atom is -0.494 e. The lowest BCUT2D eigenvalue weighted by atomic mass is 9.77. The highest BCUT2D eigenvalue weighted by molar-refractivity contribution is 5.92. The van der Waals surface area contributed by atoms with Gasteiger partial charge in [0.25, 0.3) is 0 Å². The van der Waals surface area contributed by atoms with Crippen LogP contribution in [0.4, 0.5) is 31.1 Å². The lowest BCUT2D eigenvalue weighted by molar-refractivity contribution is -0.137. The van der Waals surface area contributed by atoms with Crippen LogP contribution in [0.25, 0.3) is 0 Å². The second kappa shape index (κ2) is 12.6. The number of methoxy groups -OCH3 is 1. The zero-order chi connectivity index (χ0) is 31.4. The fraction of sp³-hybridized carbons (Fsp3) is 0.276. The van der Waals surface area contributed by atoms with Gasteiger partial charge in [0.15, 0.2) is 17.4 Å². The molecule has 1 fully saturated rings. The van der Waals surface area contributed by atoms with Crippen molar-refractivity contribution in [1.82, 2.24) is 15.6 Å². The third-order valence-electron chi connectivity index (χ3n) is 7.15. The first-order chi connectivity index (χ1) is 20.4. The first kappa shape index (κ1) is 31.2. The number of likely N-dealkylation sites (tertiary alicyclic amines) is 1. The van der Waals surface area contributed by atoms with Crippen LogP contribution in [0.1, 0.15) is 28.7 Å². The fourth-order valence-corrected chi connectivity index (χ4v) is 5.18. The number of amides is 2. The summed E-state index contributed by atoms with van der Waals surface area (Å²) in [5.74, 6) is 3.05. The lowest BCUT2D eigenvalue weighted by Crippen LogP contribution is -2.56. The molecule has 0 spiro atoms. The fourth-order valence-electron chi connectivity index (χ4n) is 5.18. The van der Waals surface area contributed by atoms with Gasteiger partial charge in [-0.25, -0.2) is 18.0 Å². The lowest BCUT2D eigenvalue weighted by Gasteiger charge is -2.39. The summed E-state index contributed by atoms with van der Waals surface area (Å²) in [4.78, 5) is 15.1. The van der Waals surface area contributed by atoms with E-state index in [1.165, 1.54) is 19.2 Å². The van der Waals surface area contributed by atoms with E-state index in [9.17, 15) is 31.1 Å². The molecule has 0 radical (unpaired) electrons. The topological polar surface area (TPSA) is 104 Å². The number of nitrogens with two attached hydrogens (primary N) is 1. The minimum absolute atomic E-state index is 0.0628. The van der Waals surface area contributed by atoms with Crippen LogP contribution in [-0.4, -0.2) is 49.4 Å². The number of benzene rings is 3. The van der Waals surface area contributed by atoms with E-state index in [1.807, 2.05) is 0 Å². The number of hydrazone groups is 2. The predicted octanol–water partition coefficient (Wildman–Crippen LogP) is 5.08. The molecule has 2 amide bonds. The molecule has 3 atom stereocenters. The minimum atomic E-state index is -4.95. The summed E-state index contributed by atoms with van der Waals surface area (Å²) in [5, 5.41) is 9.76. The van der Waals surface area contributed by atoms with E-state index < -0.39 is 53.7 Å². The molecule has 4 N–H and O–H groups in total. The number of carbonyl (C=O) groups excluding carboxylic acids is 1. The Labute approximate surface area is 243 Å². The van der Waals surface area contributed by atoms with Gasteiger partial charge in [-0.05, 0) is 47.0 Å². The van der Waals surface area contributed by atoms with E-state index in [1.54, 1.807) is 30.3 Å². The van der Waals surface area contributed by atoms with Gasteiger partial charge >= 0.3 is 12.2 Å². The van der Waals surface area contributed by atoms with Crippen LogP contribution in [0, 0.1) is 11.6 Å². The zero-order valence-electron chi connectivity index (χ0n) is 22.8. The summed E-state index contributed by atoms with van der Waals surface area (Å²) >= 11 is 0. The molecule has 3 aromatic rings. The molecular weight excluding hydrogens is 578 g/mol. The Kier molecular flexibility index (Phi) is 9.16. The Balaban J connectivity index is 1.97. The molecule has 8 nitrogen and oxygen atoms in total. The molecule has 3 aromatic carbocycles. The van der Waals surface area contributed by atoms with Crippen molar-refractivity contribution in [2.24, 2.45) is 16.0 Å². The number of halogens is 6. The highest BCUT2D eigenvalue weighted by atomic mass is 19.4. The van der Waals surface area contributed by atoms with Gasteiger partial charge in [0.1, 0.15) is 12.0 Å². The van der Waals surface area contributed by atoms with Crippen LogP contribution in [0.15, 0.2) is 76.9 Å². The van der Waals surface area contributed by atoms with Crippen molar-refractivity contribution in [2.45, 2.75) is 36.8 Å². The summed E-state index contributed by atoms with van der Waals surface area (Å²) in [7, 11) is 1.19. The maximum absolute atomic E-state index is 14.9. The van der Waals surface area contributed by atoms with Crippen molar-refractivity contribution in [2.75, 3.05) is 13.7 Å². The summed E-state index contributed by atoms with van der Waals surface area (Å²) in [6, 6.07) is 11.7. The predicted molar refractivity (Wildman–Crippen MR) is 148 cm³/mol. The average Bonchev–Trinajstić information content (AvgIpc) is 3.37. The van der Waals surface area contributed by atoms with E-state index in [0.717, 1.165) is 17.0 Å². The highest BCUT2D eigenvalue weighted by Crippen LogP contribution is 2.40. The molecule has 0 saturated carbocycles. The summed E-state index contributed by atoms with van der Waals surface area (Å²) in [6.45, 7) is 2.84. The van der Waals surface area contributed by atoms with Gasteiger partial charge in [-0.3, -0.25) is 5.43 Å². The number of rotatable bonds is 8. The van der Waals surface area contributed by atoms with Crippen LogP contribution >= 0.6 is 0 Å². The number of nitrogens with one attached hydrogen (secondary N) is 2. The molecule has 0 aromatic heterocycles. The van der Waals surface area contributed by atoms with Crippen molar-refractivity contribution >= 4 is 18.6 Å². The quantitative estimate of drug-likeness (QED) is 0.109. The van der Waals surface area contributed by atoms with Crippen LogP contribution in [-0.2, 0) is 18.1 Å². The Bertz CT molecular complexity index is 1500. The SMILES string of the molecule is C=NNC(=NN)[C@@H]1C[C@H](F)CN1C(=O)N[C@@](Cc1ccccc1)(c1cc(F)cc(C(F)(F)F)c1)c1ccc(F)c(OC)c1. The van der Waals surface area contributed by atoms with Crippen molar-refractivity contribution in [3.63, 3.8) is 0 Å². The summed E-state index contributed by atoms with van der Waals surface area (Å²) in [6.07, 6.45) is -6.91. The third kappa shape index (κ3) is 6.68. The van der Waals surface area contributed by atoms with Crippen molar-refractivity contribution in [1.29, 1.82) is 0 Å². The first-order valence-electron chi connectivity index (χ1n) is 12.9. The molecule has 43 heavy (non-hydrogen) atoms. The van der Waals surface area contributed by atoms with Crippen molar-refractivity contribution < 1.29 is 35.9 Å². The molecule has 228 valence electrons. The average molecular weight is 607 g/mol. The van der Waals surface area contributed by atoms with Gasteiger partial charge < -0.3 is 20.8 Å². The Morgan fingerprint density at radius 1 is 1.07 bits per heavy atom. The van der Waals surface area contributed by atoms with Gasteiger partial charge in [0, 0.05) is 19.6 Å². The van der Waals surface area contributed by atoms with Crippen molar-refractivity contribution in [3.05, 3.63) is 101 Å². The Morgan fingerprint density at radius 3 is 2.40 bits per heavy atom. The monoisotopic (exact) mass is 606 g/mol. The molecule has 14 heteroatoms. The van der Waals surface area contributed by atoms with E-state index in [0.29, 0.717) is 17.7 Å². The van der Waals surface area contributed by atoms with Gasteiger partial charge in [0.2, 0.25) is 0 Å². The molecule has 0 bridgehead atoms. The number of amidine groups is 1. The largest absolute Gasteiger partial charge is 0.494 e. The number of nitrogens with zero attached hydrogens (tertiary/aromatic N) is 3. The smallest absolute Gasteiger partial charge is 0.416 e. The number of alkyl halides is 4. The second-order valence-corrected chi connectivity index (χ2v) is 9.86. The number of hydrogen-bond acceptors (Lipinski definition) is 5. The first-order valence-corrected chi connectivity index (χ1v) is 12.9. The third-order valence-corrected chi connectivity index (χ3v) is 7.15. The van der Waals surface area contributed by atoms with Gasteiger partial charge in [0.05, 0.1) is 30.8 Å². The molecule has 1 aliphatic rings. The zero-order valence-corrected chi connectivity index (χ0v) is 22.8. The number of carbonyl (C=O) groups is 1. The van der Waals surface area contributed by atoms with Gasteiger partial charge in [-0.15, -0.1) is 0 Å². The molecule has 0 aliphatic carbocycles. The molecule has 1 aliphatic heterocycles. The van der Waals surface area contributed by atoms with Crippen molar-refractivity contribution in [3.8, 4) is 5.75 Å². The van der Waals surface area contributed by atoms with Gasteiger partial charge in [-0.1, -0.05) is 36.4 Å². The maximum Gasteiger partial charge on any atom is 0.416 e. The standard InChI is InChI=1S/C29H28F6N6O2/c1-37-40-26(39-36)24-14-22(31)16-41(24)27(42)38-28(15-17-6-4-3-5-7-17,18-8-9-23(32)25(13-18)43-2)19-10-20(29(33,34)35)12-21(30)11-19/h3-13,22,24H,1,14-16,36H2,2H3,(H,38,42)(H,39,40)/t22-,24-,28+/m0/s1. The van der Waals surface area contributed by atoms with Crippen LogP contribution in [0.2, 0.25) is 0 Å². The van der Waals surface area contributed by atoms with Crippen LogP contribution in [0.5, 0.6) is 5.75 Å². The molecule has 0 unspecified atom stereocenters. The maximum atomic E-state index is 14.9. The molecule has 1 heterocycles. The summed E-state index contributed by atoms with van der Waals surface area (Å²) in [5.41, 5.74) is -0.592. The van der Waals surface area contributed by atoms with E-state index in [-0.39, 0.29) is 35.6 Å². The van der Waals surface area contributed by atoms with Crippen LogP contribution < -0.4 is 21.3 Å². The van der Waals surface area contributed by atoms with E-state index in [4.69, 9.17) is 10.6 Å². The molecule has 1 saturated heterocycles. The second-order valence-electron chi connectivity index (χ2n) is 9.86. The van der Waals surface area contributed by atoms with E-state index >= 15 is 0 Å². The van der Waals surface area contributed by atoms with Crippen LogP contribution in [0.3, 0.4) is 0 Å². The normalized spacial score (nSPS) is 18.6. The van der Waals surface area contributed by atoms with Gasteiger partial charge in [-0.2, -0.15) is 23.4 Å². The Morgan fingerprint density at radius 2 is 1.77 bits per heavy atom. The van der Waals surface area contributed by atoms with E-state index in [2.05, 4.69) is 27.7 Å². The molecule has 4 rings (SSSR count).